The van der Waals surface area contributed by atoms with E-state index in [1.807, 2.05) is 0 Å². The molecule has 1 spiro atoms. The SMILES string of the molecule is CC1CC(C)CN(S(=O)(=O)N2CCC3(CC2)NCCNC3=O)C1. The lowest BCUT2D eigenvalue weighted by Gasteiger charge is -2.44. The lowest BCUT2D eigenvalue weighted by molar-refractivity contribution is -0.131. The first-order valence-electron chi connectivity index (χ1n) is 8.62. The normalized spacial score (nSPS) is 33.6. The molecule has 3 aliphatic heterocycles. The minimum Gasteiger partial charge on any atom is -0.353 e. The molecule has 3 rings (SSSR count). The molecule has 2 atom stereocenters. The van der Waals surface area contributed by atoms with Gasteiger partial charge in [0.1, 0.15) is 5.54 Å². The standard InChI is InChI=1S/C15H28N4O3S/c1-12-9-13(2)11-19(10-12)23(21,22)18-7-3-15(4-8-18)14(20)16-5-6-17-15/h12-13,17H,3-11H2,1-2H3,(H,16,20). The van der Waals surface area contributed by atoms with E-state index < -0.39 is 15.7 Å². The summed E-state index contributed by atoms with van der Waals surface area (Å²) in [7, 11) is -3.42. The number of hydrogen-bond donors (Lipinski definition) is 2. The van der Waals surface area contributed by atoms with Crippen LogP contribution in [0, 0.1) is 11.8 Å². The van der Waals surface area contributed by atoms with Crippen LogP contribution >= 0.6 is 0 Å². The van der Waals surface area contributed by atoms with Crippen LogP contribution in [0.3, 0.4) is 0 Å². The molecule has 2 unspecified atom stereocenters. The van der Waals surface area contributed by atoms with Crippen molar-refractivity contribution in [3.8, 4) is 0 Å². The maximum atomic E-state index is 12.9. The Kier molecular flexibility index (Phi) is 4.70. The second-order valence-electron chi connectivity index (χ2n) is 7.43. The van der Waals surface area contributed by atoms with Gasteiger partial charge in [0.15, 0.2) is 0 Å². The van der Waals surface area contributed by atoms with Crippen molar-refractivity contribution >= 4 is 16.1 Å². The van der Waals surface area contributed by atoms with Crippen LogP contribution in [0.15, 0.2) is 0 Å². The molecule has 8 heteroatoms. The summed E-state index contributed by atoms with van der Waals surface area (Å²) in [6, 6.07) is 0. The average molecular weight is 344 g/mol. The summed E-state index contributed by atoms with van der Waals surface area (Å²) in [5, 5.41) is 6.19. The van der Waals surface area contributed by atoms with Gasteiger partial charge >= 0.3 is 0 Å². The molecule has 3 saturated heterocycles. The monoisotopic (exact) mass is 344 g/mol. The number of hydrogen-bond acceptors (Lipinski definition) is 4. The molecule has 2 N–H and O–H groups in total. The zero-order chi connectivity index (χ0) is 16.7. The minimum atomic E-state index is -3.42. The lowest BCUT2D eigenvalue weighted by atomic mass is 9.86. The molecule has 0 bridgehead atoms. The fourth-order valence-corrected chi connectivity index (χ4v) is 6.04. The molecular weight excluding hydrogens is 316 g/mol. The highest BCUT2D eigenvalue weighted by Gasteiger charge is 2.46. The van der Waals surface area contributed by atoms with Crippen LogP contribution in [0.25, 0.3) is 0 Å². The molecule has 0 radical (unpaired) electrons. The highest BCUT2D eigenvalue weighted by atomic mass is 32.2. The van der Waals surface area contributed by atoms with Crippen molar-refractivity contribution in [2.75, 3.05) is 39.3 Å². The topological polar surface area (TPSA) is 81.8 Å². The number of nitrogens with one attached hydrogen (secondary N) is 2. The molecule has 3 fully saturated rings. The molecule has 0 saturated carbocycles. The third kappa shape index (κ3) is 3.26. The molecule has 23 heavy (non-hydrogen) atoms. The van der Waals surface area contributed by atoms with E-state index in [4.69, 9.17) is 0 Å². The Balaban J connectivity index is 1.67. The Hall–Kier alpha value is -0.700. The number of piperidine rings is 2. The van der Waals surface area contributed by atoms with Crippen LogP contribution in [0.5, 0.6) is 0 Å². The zero-order valence-corrected chi connectivity index (χ0v) is 14.9. The van der Waals surface area contributed by atoms with E-state index in [9.17, 15) is 13.2 Å². The van der Waals surface area contributed by atoms with Crippen LogP contribution in [0.2, 0.25) is 0 Å². The number of carbonyl (C=O) groups excluding carboxylic acids is 1. The van der Waals surface area contributed by atoms with Gasteiger partial charge in [-0.2, -0.15) is 17.0 Å². The van der Waals surface area contributed by atoms with Crippen molar-refractivity contribution in [1.82, 2.24) is 19.2 Å². The molecule has 0 aromatic carbocycles. The Bertz CT molecular complexity index is 547. The van der Waals surface area contributed by atoms with Crippen molar-refractivity contribution < 1.29 is 13.2 Å². The van der Waals surface area contributed by atoms with Crippen molar-refractivity contribution in [3.05, 3.63) is 0 Å². The van der Waals surface area contributed by atoms with Gasteiger partial charge < -0.3 is 10.6 Å². The van der Waals surface area contributed by atoms with E-state index >= 15 is 0 Å². The fourth-order valence-electron chi connectivity index (χ4n) is 4.19. The molecule has 0 aromatic rings. The van der Waals surface area contributed by atoms with E-state index in [1.165, 1.54) is 0 Å². The van der Waals surface area contributed by atoms with E-state index in [1.54, 1.807) is 8.61 Å². The van der Waals surface area contributed by atoms with Crippen molar-refractivity contribution in [2.45, 2.75) is 38.6 Å². The molecule has 3 heterocycles. The molecule has 7 nitrogen and oxygen atoms in total. The highest BCUT2D eigenvalue weighted by molar-refractivity contribution is 7.86. The largest absolute Gasteiger partial charge is 0.353 e. The maximum absolute atomic E-state index is 12.9. The first kappa shape index (κ1) is 17.1. The molecule has 0 aromatic heterocycles. The maximum Gasteiger partial charge on any atom is 0.281 e. The van der Waals surface area contributed by atoms with Gasteiger partial charge in [0.25, 0.3) is 10.2 Å². The van der Waals surface area contributed by atoms with Crippen LogP contribution in [-0.2, 0) is 15.0 Å². The summed E-state index contributed by atoms with van der Waals surface area (Å²) in [4.78, 5) is 12.2. The molecule has 3 aliphatic rings. The van der Waals surface area contributed by atoms with Gasteiger partial charge in [0.05, 0.1) is 0 Å². The summed E-state index contributed by atoms with van der Waals surface area (Å²) < 4.78 is 29.0. The second kappa shape index (κ2) is 6.31. The first-order chi connectivity index (χ1) is 10.8. The van der Waals surface area contributed by atoms with E-state index in [-0.39, 0.29) is 5.91 Å². The fraction of sp³-hybridized carbons (Fsp3) is 0.933. The quantitative estimate of drug-likeness (QED) is 0.725. The van der Waals surface area contributed by atoms with Gasteiger partial charge in [-0.25, -0.2) is 0 Å². The molecule has 0 aliphatic carbocycles. The summed E-state index contributed by atoms with van der Waals surface area (Å²) in [6.07, 6.45) is 2.16. The van der Waals surface area contributed by atoms with Crippen molar-refractivity contribution in [2.24, 2.45) is 11.8 Å². The smallest absolute Gasteiger partial charge is 0.281 e. The third-order valence-electron chi connectivity index (χ3n) is 5.37. The van der Waals surface area contributed by atoms with Gasteiger partial charge in [-0.1, -0.05) is 13.8 Å². The number of carbonyl (C=O) groups is 1. The average Bonchev–Trinajstić information content (AvgIpc) is 2.50. The Labute approximate surface area is 139 Å². The predicted octanol–water partition coefficient (Wildman–Crippen LogP) is -0.237. The van der Waals surface area contributed by atoms with E-state index in [0.29, 0.717) is 57.4 Å². The summed E-state index contributed by atoms with van der Waals surface area (Å²) in [6.45, 7) is 7.63. The number of amides is 1. The summed E-state index contributed by atoms with van der Waals surface area (Å²) in [5.74, 6) is 0.812. The predicted molar refractivity (Wildman–Crippen MR) is 88.0 cm³/mol. The number of piperazine rings is 1. The van der Waals surface area contributed by atoms with Crippen molar-refractivity contribution in [3.63, 3.8) is 0 Å². The van der Waals surface area contributed by atoms with Gasteiger partial charge in [-0.05, 0) is 31.1 Å². The second-order valence-corrected chi connectivity index (χ2v) is 9.36. The Morgan fingerprint density at radius 2 is 1.65 bits per heavy atom. The lowest BCUT2D eigenvalue weighted by Crippen LogP contribution is -2.67. The van der Waals surface area contributed by atoms with Gasteiger partial charge in [-0.3, -0.25) is 4.79 Å². The van der Waals surface area contributed by atoms with Crippen LogP contribution < -0.4 is 10.6 Å². The molecule has 1 amide bonds. The molecular formula is C15H28N4O3S. The van der Waals surface area contributed by atoms with Gasteiger partial charge in [-0.15, -0.1) is 0 Å². The van der Waals surface area contributed by atoms with Gasteiger partial charge in [0.2, 0.25) is 5.91 Å². The van der Waals surface area contributed by atoms with Crippen LogP contribution in [-0.4, -0.2) is 67.7 Å². The summed E-state index contributed by atoms with van der Waals surface area (Å²) in [5.41, 5.74) is -0.577. The first-order valence-corrected chi connectivity index (χ1v) is 10.0. The van der Waals surface area contributed by atoms with Crippen LogP contribution in [0.1, 0.15) is 33.1 Å². The Morgan fingerprint density at radius 3 is 2.22 bits per heavy atom. The number of nitrogens with zero attached hydrogens (tertiary/aromatic N) is 2. The van der Waals surface area contributed by atoms with Crippen molar-refractivity contribution in [1.29, 1.82) is 0 Å². The van der Waals surface area contributed by atoms with E-state index in [0.717, 1.165) is 13.0 Å². The summed E-state index contributed by atoms with van der Waals surface area (Å²) >= 11 is 0. The third-order valence-corrected chi connectivity index (χ3v) is 7.34. The minimum absolute atomic E-state index is 0.0148. The van der Waals surface area contributed by atoms with Crippen LogP contribution in [0.4, 0.5) is 0 Å². The highest BCUT2D eigenvalue weighted by Crippen LogP contribution is 2.29. The van der Waals surface area contributed by atoms with E-state index in [2.05, 4.69) is 24.5 Å². The Morgan fingerprint density at radius 1 is 1.04 bits per heavy atom. The van der Waals surface area contributed by atoms with Gasteiger partial charge in [0, 0.05) is 39.3 Å². The molecule has 132 valence electrons. The number of rotatable bonds is 2. The zero-order valence-electron chi connectivity index (χ0n) is 14.0.